The van der Waals surface area contributed by atoms with Crippen molar-refractivity contribution in [2.24, 2.45) is 0 Å². The molecule has 0 aliphatic carbocycles. The lowest BCUT2D eigenvalue weighted by Crippen LogP contribution is -2.54. The lowest BCUT2D eigenvalue weighted by molar-refractivity contribution is -0.307. The Bertz CT molecular complexity index is 1100. The topological polar surface area (TPSA) is 117 Å². The number of carbonyl (C=O) groups excluding carboxylic acids is 3. The van der Waals surface area contributed by atoms with E-state index in [1.54, 1.807) is 30.3 Å². The number of thiocarbonyl (C=S) groups is 1. The standard InChI is InChI=1S/C22H20N2O7S/c1-3-30-15-7-5-14(6-8-15)24-21(28)16(20(27)23-22(24)32)10-13-4-9-17(18(11-13)29-2)31-12-19(25)26/h4-11H,3,12H2,1-2H3,(H,25,26)(H,23,27,32)/p-1/b16-10-. The zero-order chi connectivity index (χ0) is 23.3. The lowest BCUT2D eigenvalue weighted by Gasteiger charge is -2.29. The molecule has 1 N–H and O–H groups in total. The molecule has 0 saturated carbocycles. The highest BCUT2D eigenvalue weighted by Crippen LogP contribution is 2.30. The molecule has 10 heteroatoms. The summed E-state index contributed by atoms with van der Waals surface area (Å²) in [4.78, 5) is 37.4. The maximum Gasteiger partial charge on any atom is 0.270 e. The van der Waals surface area contributed by atoms with Gasteiger partial charge in [-0.25, -0.2) is 0 Å². The zero-order valence-corrected chi connectivity index (χ0v) is 18.1. The number of amides is 2. The van der Waals surface area contributed by atoms with Gasteiger partial charge in [-0.1, -0.05) is 6.07 Å². The van der Waals surface area contributed by atoms with Crippen LogP contribution in [0.3, 0.4) is 0 Å². The monoisotopic (exact) mass is 455 g/mol. The molecule has 2 amide bonds. The molecule has 0 spiro atoms. The molecular weight excluding hydrogens is 436 g/mol. The van der Waals surface area contributed by atoms with E-state index in [-0.39, 0.29) is 22.2 Å². The number of anilines is 1. The van der Waals surface area contributed by atoms with Gasteiger partial charge in [0.1, 0.15) is 17.9 Å². The van der Waals surface area contributed by atoms with Crippen molar-refractivity contribution in [3.63, 3.8) is 0 Å². The predicted molar refractivity (Wildman–Crippen MR) is 117 cm³/mol. The van der Waals surface area contributed by atoms with E-state index in [0.717, 1.165) is 0 Å². The Hall–Kier alpha value is -3.92. The van der Waals surface area contributed by atoms with Gasteiger partial charge in [0.15, 0.2) is 16.6 Å². The largest absolute Gasteiger partial charge is 0.546 e. The predicted octanol–water partition coefficient (Wildman–Crippen LogP) is 1.05. The first-order chi connectivity index (χ1) is 15.3. The first-order valence-corrected chi connectivity index (χ1v) is 9.90. The van der Waals surface area contributed by atoms with Gasteiger partial charge in [-0.05, 0) is 67.2 Å². The highest BCUT2D eigenvalue weighted by molar-refractivity contribution is 7.80. The van der Waals surface area contributed by atoms with Crippen LogP contribution in [0.4, 0.5) is 5.69 Å². The molecule has 166 valence electrons. The molecule has 1 fully saturated rings. The minimum Gasteiger partial charge on any atom is -0.546 e. The van der Waals surface area contributed by atoms with E-state index in [9.17, 15) is 19.5 Å². The normalized spacial score (nSPS) is 14.9. The van der Waals surface area contributed by atoms with Crippen LogP contribution in [-0.2, 0) is 14.4 Å². The SMILES string of the molecule is CCOc1ccc(N2C(=O)/C(=C\c3ccc(OCC(=O)[O-])c(OC)c3)C(=O)NC2=S)cc1. The average Bonchev–Trinajstić information content (AvgIpc) is 2.76. The molecule has 1 aliphatic heterocycles. The maximum atomic E-state index is 13.1. The van der Waals surface area contributed by atoms with Gasteiger partial charge in [0, 0.05) is 0 Å². The fraction of sp³-hybridized carbons (Fsp3) is 0.182. The molecule has 0 atom stereocenters. The first kappa shape index (κ1) is 22.8. The second-order valence-electron chi connectivity index (χ2n) is 6.46. The van der Waals surface area contributed by atoms with Crippen molar-refractivity contribution in [1.29, 1.82) is 0 Å². The van der Waals surface area contributed by atoms with E-state index in [2.05, 4.69) is 5.32 Å². The summed E-state index contributed by atoms with van der Waals surface area (Å²) in [7, 11) is 1.38. The number of hydrogen-bond donors (Lipinski definition) is 1. The highest BCUT2D eigenvalue weighted by Gasteiger charge is 2.34. The number of methoxy groups -OCH3 is 1. The summed E-state index contributed by atoms with van der Waals surface area (Å²) in [5, 5.41) is 13.1. The summed E-state index contributed by atoms with van der Waals surface area (Å²) in [6.45, 7) is 1.72. The minimum atomic E-state index is -1.38. The van der Waals surface area contributed by atoms with Gasteiger partial charge in [-0.3, -0.25) is 19.8 Å². The van der Waals surface area contributed by atoms with E-state index in [1.807, 2.05) is 6.92 Å². The van der Waals surface area contributed by atoms with Crippen LogP contribution in [0.1, 0.15) is 12.5 Å². The van der Waals surface area contributed by atoms with Crippen LogP contribution in [-0.4, -0.2) is 43.2 Å². The Labute approximate surface area is 189 Å². The van der Waals surface area contributed by atoms with Crippen molar-refractivity contribution in [1.82, 2.24) is 5.32 Å². The van der Waals surface area contributed by atoms with Crippen molar-refractivity contribution in [2.45, 2.75) is 6.92 Å². The fourth-order valence-corrected chi connectivity index (χ4v) is 3.23. The third-order valence-electron chi connectivity index (χ3n) is 4.35. The van der Waals surface area contributed by atoms with Crippen molar-refractivity contribution in [3.05, 3.63) is 53.6 Å². The summed E-state index contributed by atoms with van der Waals surface area (Å²) in [6, 6.07) is 11.2. The van der Waals surface area contributed by atoms with Crippen molar-refractivity contribution in [3.8, 4) is 17.2 Å². The molecule has 0 radical (unpaired) electrons. The Morgan fingerprint density at radius 1 is 1.12 bits per heavy atom. The van der Waals surface area contributed by atoms with Crippen molar-refractivity contribution in [2.75, 3.05) is 25.2 Å². The lowest BCUT2D eigenvalue weighted by atomic mass is 10.1. The molecular formula is C22H19N2O7S-. The van der Waals surface area contributed by atoms with Crippen LogP contribution in [0.2, 0.25) is 0 Å². The molecule has 1 aliphatic rings. The molecule has 9 nitrogen and oxygen atoms in total. The van der Waals surface area contributed by atoms with E-state index < -0.39 is 24.4 Å². The van der Waals surface area contributed by atoms with Gasteiger partial charge in [0.25, 0.3) is 11.8 Å². The number of nitrogens with zero attached hydrogens (tertiary/aromatic N) is 1. The molecule has 2 aromatic rings. The summed E-state index contributed by atoms with van der Waals surface area (Å²) in [6.07, 6.45) is 1.38. The third-order valence-corrected chi connectivity index (χ3v) is 4.64. The van der Waals surface area contributed by atoms with Crippen LogP contribution < -0.4 is 29.5 Å². The first-order valence-electron chi connectivity index (χ1n) is 9.49. The third kappa shape index (κ3) is 5.03. The fourth-order valence-electron chi connectivity index (χ4n) is 2.95. The highest BCUT2D eigenvalue weighted by atomic mass is 32.1. The molecule has 0 unspecified atom stereocenters. The minimum absolute atomic E-state index is 0.0371. The molecule has 32 heavy (non-hydrogen) atoms. The van der Waals surface area contributed by atoms with Crippen LogP contribution in [0.15, 0.2) is 48.0 Å². The molecule has 1 saturated heterocycles. The van der Waals surface area contributed by atoms with Gasteiger partial charge in [0.2, 0.25) is 0 Å². The average molecular weight is 455 g/mol. The maximum absolute atomic E-state index is 13.1. The van der Waals surface area contributed by atoms with Crippen LogP contribution in [0.5, 0.6) is 17.2 Å². The van der Waals surface area contributed by atoms with Crippen LogP contribution >= 0.6 is 12.2 Å². The zero-order valence-electron chi connectivity index (χ0n) is 17.2. The Balaban J connectivity index is 1.90. The van der Waals surface area contributed by atoms with E-state index in [0.29, 0.717) is 23.6 Å². The molecule has 2 aromatic carbocycles. The van der Waals surface area contributed by atoms with Gasteiger partial charge < -0.3 is 24.1 Å². The number of carboxylic acid groups (broad SMARTS) is 1. The summed E-state index contributed by atoms with van der Waals surface area (Å²) >= 11 is 5.20. The van der Waals surface area contributed by atoms with E-state index in [4.69, 9.17) is 26.4 Å². The number of aliphatic carboxylic acids is 1. The second kappa shape index (κ2) is 9.92. The second-order valence-corrected chi connectivity index (χ2v) is 6.84. The Morgan fingerprint density at radius 2 is 1.84 bits per heavy atom. The molecule has 0 bridgehead atoms. The van der Waals surface area contributed by atoms with Crippen LogP contribution in [0, 0.1) is 0 Å². The Morgan fingerprint density at radius 3 is 2.47 bits per heavy atom. The van der Waals surface area contributed by atoms with Gasteiger partial charge >= 0.3 is 0 Å². The summed E-state index contributed by atoms with van der Waals surface area (Å²) < 4.78 is 15.7. The molecule has 3 rings (SSSR count). The van der Waals surface area contributed by atoms with Gasteiger partial charge in [-0.15, -0.1) is 0 Å². The number of carbonyl (C=O) groups is 3. The van der Waals surface area contributed by atoms with Crippen molar-refractivity contribution < 1.29 is 33.7 Å². The van der Waals surface area contributed by atoms with Crippen LogP contribution in [0.25, 0.3) is 6.08 Å². The number of rotatable bonds is 8. The van der Waals surface area contributed by atoms with Crippen molar-refractivity contribution >= 4 is 46.9 Å². The van der Waals surface area contributed by atoms with Gasteiger partial charge in [-0.2, -0.15) is 0 Å². The number of hydrogen-bond acceptors (Lipinski definition) is 8. The Kier molecular flexibility index (Phi) is 7.06. The quantitative estimate of drug-likeness (QED) is 0.357. The number of ether oxygens (including phenoxy) is 3. The summed E-state index contributed by atoms with van der Waals surface area (Å²) in [5.74, 6) is -1.58. The number of nitrogens with one attached hydrogen (secondary N) is 1. The number of benzene rings is 2. The van der Waals surface area contributed by atoms with E-state index in [1.165, 1.54) is 30.2 Å². The van der Waals surface area contributed by atoms with Gasteiger partial charge in [0.05, 0.1) is 25.4 Å². The summed E-state index contributed by atoms with van der Waals surface area (Å²) in [5.41, 5.74) is 0.788. The smallest absolute Gasteiger partial charge is 0.270 e. The molecule has 1 heterocycles. The van der Waals surface area contributed by atoms with E-state index >= 15 is 0 Å². The number of carboxylic acids is 1. The molecule has 0 aromatic heterocycles.